The van der Waals surface area contributed by atoms with Gasteiger partial charge in [0.1, 0.15) is 6.10 Å². The number of anilines is 1. The van der Waals surface area contributed by atoms with Gasteiger partial charge in [0.15, 0.2) is 24.6 Å². The third-order valence-corrected chi connectivity index (χ3v) is 9.41. The molecule has 13 heteroatoms. The molecular formula is C37H36Br2N2O9. The first kappa shape index (κ1) is 37.2. The molecule has 50 heavy (non-hydrogen) atoms. The van der Waals surface area contributed by atoms with Gasteiger partial charge in [-0.3, -0.25) is 14.9 Å². The summed E-state index contributed by atoms with van der Waals surface area (Å²) in [5.41, 5.74) is 2.52. The summed E-state index contributed by atoms with van der Waals surface area (Å²) in [6.07, 6.45) is -2.60. The van der Waals surface area contributed by atoms with Gasteiger partial charge in [-0.05, 0) is 85.3 Å². The maximum atomic E-state index is 14.0. The number of aliphatic hydroxyl groups excluding tert-OH is 1. The Balaban J connectivity index is 1.50. The zero-order valence-corrected chi connectivity index (χ0v) is 30.2. The van der Waals surface area contributed by atoms with E-state index < -0.39 is 67.2 Å². The first-order valence-corrected chi connectivity index (χ1v) is 17.6. The lowest BCUT2D eigenvalue weighted by Gasteiger charge is -2.44. The topological polar surface area (TPSA) is 153 Å². The number of amides is 1. The smallest absolute Gasteiger partial charge is 0.412 e. The van der Waals surface area contributed by atoms with Gasteiger partial charge in [0, 0.05) is 21.7 Å². The lowest BCUT2D eigenvalue weighted by molar-refractivity contribution is -0.300. The molecule has 1 saturated heterocycles. The maximum absolute atomic E-state index is 14.0. The Morgan fingerprint density at radius 3 is 1.96 bits per heavy atom. The summed E-state index contributed by atoms with van der Waals surface area (Å²) >= 11 is 6.98. The number of allylic oxidation sites excluding steroid dienone is 2. The second-order valence-corrected chi connectivity index (χ2v) is 13.8. The molecule has 3 aromatic carbocycles. The van der Waals surface area contributed by atoms with E-state index in [1.165, 1.54) is 31.4 Å². The van der Waals surface area contributed by atoms with Crippen LogP contribution in [0.3, 0.4) is 0 Å². The van der Waals surface area contributed by atoms with Crippen molar-refractivity contribution in [1.29, 1.82) is 5.26 Å². The van der Waals surface area contributed by atoms with Crippen LogP contribution in [0.25, 0.3) is 0 Å². The minimum Gasteiger partial charge on any atom is -0.454 e. The Labute approximate surface area is 306 Å². The minimum atomic E-state index is -1.42. The molecule has 0 aromatic heterocycles. The van der Waals surface area contributed by atoms with Crippen molar-refractivity contribution in [3.63, 3.8) is 0 Å². The van der Waals surface area contributed by atoms with E-state index in [2.05, 4.69) is 37.2 Å². The van der Waals surface area contributed by atoms with Gasteiger partial charge in [-0.2, -0.15) is 5.26 Å². The van der Waals surface area contributed by atoms with E-state index in [1.807, 2.05) is 66.8 Å². The number of nitrogens with one attached hydrogen (secondary N) is 1. The molecule has 2 N–H and O–H groups in total. The second kappa shape index (κ2) is 17.7. The van der Waals surface area contributed by atoms with Gasteiger partial charge in [0.25, 0.3) is 0 Å². The van der Waals surface area contributed by atoms with E-state index in [-0.39, 0.29) is 0 Å². The molecule has 3 aromatic rings. The molecular weight excluding hydrogens is 776 g/mol. The number of fused-ring (bicyclic) bond motifs is 1. The Kier molecular flexibility index (Phi) is 13.2. The molecule has 5 rings (SSSR count). The average molecular weight is 813 g/mol. The highest BCUT2D eigenvalue weighted by Gasteiger charge is 2.53. The van der Waals surface area contributed by atoms with Crippen LogP contribution >= 0.6 is 31.9 Å². The predicted molar refractivity (Wildman–Crippen MR) is 189 cm³/mol. The summed E-state index contributed by atoms with van der Waals surface area (Å²) < 4.78 is 31.2. The third-order valence-electron chi connectivity index (χ3n) is 8.43. The number of hydrogen-bond donors (Lipinski definition) is 2. The molecule has 0 aliphatic carbocycles. The number of rotatable bonds is 8. The lowest BCUT2D eigenvalue weighted by atomic mass is 9.92. The summed E-state index contributed by atoms with van der Waals surface area (Å²) in [7, 11) is 1.33. The van der Waals surface area contributed by atoms with E-state index in [0.29, 0.717) is 36.9 Å². The van der Waals surface area contributed by atoms with Crippen LogP contribution in [-0.2, 0) is 46.1 Å². The highest BCUT2D eigenvalue weighted by atomic mass is 79.9. The predicted octanol–water partition coefficient (Wildman–Crippen LogP) is 6.26. The maximum Gasteiger partial charge on any atom is 0.412 e. The van der Waals surface area contributed by atoms with Crippen molar-refractivity contribution in [1.82, 2.24) is 0 Å². The molecule has 0 saturated carbocycles. The fraction of sp³-hybridized carbons (Fsp3) is 0.351. The fourth-order valence-corrected chi connectivity index (χ4v) is 6.81. The van der Waals surface area contributed by atoms with Crippen LogP contribution in [0.4, 0.5) is 10.5 Å². The quantitative estimate of drug-likeness (QED) is 0.152. The number of nitrogens with zero attached hydrogens (tertiary/aromatic N) is 1. The van der Waals surface area contributed by atoms with E-state index in [0.717, 1.165) is 20.1 Å². The number of carbonyl (C=O) groups is 3. The first-order valence-electron chi connectivity index (χ1n) is 16.0. The number of aliphatic hydroxyl groups is 1. The van der Waals surface area contributed by atoms with Gasteiger partial charge in [0.2, 0.25) is 0 Å². The van der Waals surface area contributed by atoms with Crippen molar-refractivity contribution in [3.05, 3.63) is 111 Å². The third kappa shape index (κ3) is 9.80. The van der Waals surface area contributed by atoms with Crippen LogP contribution in [-0.4, -0.2) is 67.6 Å². The number of carbonyl (C=O) groups excluding carboxylic acids is 3. The molecule has 2 aliphatic heterocycles. The fourth-order valence-electron chi connectivity index (χ4n) is 5.92. The molecule has 1 amide bonds. The van der Waals surface area contributed by atoms with Crippen molar-refractivity contribution in [2.45, 2.75) is 56.4 Å². The van der Waals surface area contributed by atoms with E-state index in [1.54, 1.807) is 0 Å². The van der Waals surface area contributed by atoms with Crippen LogP contribution in [0.15, 0.2) is 93.9 Å². The lowest BCUT2D eigenvalue weighted by Crippen LogP contribution is -2.63. The van der Waals surface area contributed by atoms with Crippen molar-refractivity contribution < 1.29 is 43.2 Å². The standard InChI is InChI=1S/C37H36Br2N2O9/c1-46-36-33-32(31(30(21-42)47-36)50-37(45)41-29-14-12-22(20-40)13-15-29)48-34(43)25(16-23-6-4-10-27(38)18-23)8-2-3-9-26(35(44)49-33)17-24-7-5-11-28(39)19-24/h2-7,10-15,18-19,25-26,30-33,36,42H,8-9,16-17,21H2,1H3,(H,41,45)/b3-2+/t25-,26-,30+,31+,32-,33+,36-/m0/s1. The number of benzene rings is 3. The van der Waals surface area contributed by atoms with E-state index >= 15 is 0 Å². The average Bonchev–Trinajstić information content (AvgIpc) is 3.10. The van der Waals surface area contributed by atoms with Crippen molar-refractivity contribution in [2.24, 2.45) is 11.8 Å². The van der Waals surface area contributed by atoms with Crippen LogP contribution in [0.5, 0.6) is 0 Å². The Morgan fingerprint density at radius 2 is 1.46 bits per heavy atom. The number of methoxy groups -OCH3 is 1. The van der Waals surface area contributed by atoms with Gasteiger partial charge in [0.05, 0.1) is 30.1 Å². The molecule has 0 bridgehead atoms. The molecule has 2 aliphatic rings. The largest absolute Gasteiger partial charge is 0.454 e. The second-order valence-electron chi connectivity index (χ2n) is 12.0. The van der Waals surface area contributed by atoms with Gasteiger partial charge in [-0.1, -0.05) is 68.3 Å². The Hall–Kier alpha value is -4.06. The van der Waals surface area contributed by atoms with Gasteiger partial charge in [-0.25, -0.2) is 4.79 Å². The first-order chi connectivity index (χ1) is 24.2. The molecule has 2 heterocycles. The van der Waals surface area contributed by atoms with Crippen LogP contribution in [0.1, 0.15) is 29.5 Å². The summed E-state index contributed by atoms with van der Waals surface area (Å²) in [5.74, 6) is -2.52. The van der Waals surface area contributed by atoms with Crippen LogP contribution in [0.2, 0.25) is 0 Å². The zero-order valence-electron chi connectivity index (χ0n) is 27.1. The van der Waals surface area contributed by atoms with E-state index in [9.17, 15) is 19.5 Å². The van der Waals surface area contributed by atoms with Gasteiger partial charge in [-0.15, -0.1) is 0 Å². The SMILES string of the molecule is CO[C@H]1O[C@H](CO)[C@@H](OC(=O)Nc2ccc(C#N)cc2)[C@@H]2OC(=O)[C@H](Cc3cccc(Br)c3)C/C=C/C[C@@H](Cc3cccc(Br)c3)C(=O)O[C@@H]12. The summed E-state index contributed by atoms with van der Waals surface area (Å²) in [6, 6.07) is 23.3. The monoisotopic (exact) mass is 810 g/mol. The number of esters is 2. The number of hydrogen-bond acceptors (Lipinski definition) is 10. The molecule has 0 unspecified atom stereocenters. The normalized spacial score (nSPS) is 26.1. The minimum absolute atomic E-state index is 0.305. The highest BCUT2D eigenvalue weighted by molar-refractivity contribution is 9.10. The van der Waals surface area contributed by atoms with Crippen LogP contribution in [0, 0.1) is 23.2 Å². The zero-order chi connectivity index (χ0) is 35.6. The van der Waals surface area contributed by atoms with Gasteiger partial charge < -0.3 is 28.8 Å². The van der Waals surface area contributed by atoms with Crippen LogP contribution < -0.4 is 5.32 Å². The molecule has 0 spiro atoms. The van der Waals surface area contributed by atoms with E-state index in [4.69, 9.17) is 28.9 Å². The summed E-state index contributed by atoms with van der Waals surface area (Å²) in [4.78, 5) is 41.2. The highest BCUT2D eigenvalue weighted by Crippen LogP contribution is 2.32. The number of halogens is 2. The number of nitriles is 1. The van der Waals surface area contributed by atoms with Crippen molar-refractivity contribution in [3.8, 4) is 6.07 Å². The Morgan fingerprint density at radius 1 is 0.900 bits per heavy atom. The van der Waals surface area contributed by atoms with Crippen molar-refractivity contribution in [2.75, 3.05) is 19.0 Å². The molecule has 11 nitrogen and oxygen atoms in total. The molecule has 262 valence electrons. The molecule has 1 fully saturated rings. The summed E-state index contributed by atoms with van der Waals surface area (Å²) in [6.45, 7) is -0.640. The van der Waals surface area contributed by atoms with Gasteiger partial charge >= 0.3 is 18.0 Å². The molecule has 7 atom stereocenters. The Bertz CT molecular complexity index is 1730. The van der Waals surface area contributed by atoms with Crippen molar-refractivity contribution >= 4 is 55.6 Å². The summed E-state index contributed by atoms with van der Waals surface area (Å²) in [5, 5.41) is 22.0. The molecule has 0 radical (unpaired) electrons. The number of ether oxygens (including phenoxy) is 5.